The lowest BCUT2D eigenvalue weighted by Gasteiger charge is -2.20. The van der Waals surface area contributed by atoms with Crippen molar-refractivity contribution in [3.8, 4) is 0 Å². The highest BCUT2D eigenvalue weighted by molar-refractivity contribution is 7.47. The first-order valence-electron chi connectivity index (χ1n) is 22.3. The molecule has 0 saturated heterocycles. The summed E-state index contributed by atoms with van der Waals surface area (Å²) in [6.45, 7) is 4.92. The van der Waals surface area contributed by atoms with Crippen molar-refractivity contribution in [2.45, 2.75) is 219 Å². The number of unbranched alkanes of at least 4 members (excludes halogenated alkanes) is 26. The standard InChI is InChI=1S/C44H86NO7P/c1-3-5-7-9-11-13-15-16-17-18-19-20-21-22-23-24-25-26-27-28-30-32-34-36-39-49-41-43(42-51-53(47,48)50-40-38-45)52-44(46)37-35-33-31-29-14-12-10-8-6-4-2/h15-16,18-19,43H,3-14,17,20-42,45H2,1-2H3,(H,47,48)/b16-15-,19-18-. The summed E-state index contributed by atoms with van der Waals surface area (Å²) in [6, 6.07) is 0. The molecule has 0 saturated carbocycles. The molecule has 2 atom stereocenters. The molecule has 9 heteroatoms. The fourth-order valence-electron chi connectivity index (χ4n) is 6.32. The SMILES string of the molecule is CCCCCCC/C=C\C/C=C\CCCCCCCCCCCCCCOCC(COP(=O)(O)OCCN)OC(=O)CCCCCCCCCCCC. The molecule has 0 aliphatic carbocycles. The average molecular weight is 772 g/mol. The summed E-state index contributed by atoms with van der Waals surface area (Å²) in [4.78, 5) is 22.4. The second-order valence-electron chi connectivity index (χ2n) is 14.9. The van der Waals surface area contributed by atoms with Crippen LogP contribution >= 0.6 is 7.82 Å². The van der Waals surface area contributed by atoms with Crippen LogP contribution in [0.1, 0.15) is 213 Å². The van der Waals surface area contributed by atoms with Gasteiger partial charge in [0.1, 0.15) is 6.10 Å². The number of esters is 1. The molecule has 0 radical (unpaired) electrons. The summed E-state index contributed by atoms with van der Waals surface area (Å²) in [6.07, 6.45) is 46.4. The molecular formula is C44H86NO7P. The van der Waals surface area contributed by atoms with E-state index in [1.807, 2.05) is 0 Å². The van der Waals surface area contributed by atoms with Gasteiger partial charge in [0.15, 0.2) is 0 Å². The van der Waals surface area contributed by atoms with Gasteiger partial charge in [-0.2, -0.15) is 0 Å². The number of phosphoric acid groups is 1. The molecule has 0 bridgehead atoms. The summed E-state index contributed by atoms with van der Waals surface area (Å²) in [5.74, 6) is -0.331. The van der Waals surface area contributed by atoms with Crippen molar-refractivity contribution in [2.75, 3.05) is 33.0 Å². The lowest BCUT2D eigenvalue weighted by atomic mass is 10.0. The molecule has 0 aromatic heterocycles. The Labute approximate surface area is 327 Å². The summed E-state index contributed by atoms with van der Waals surface area (Å²) in [5, 5.41) is 0. The third kappa shape index (κ3) is 42.0. The molecule has 0 amide bonds. The van der Waals surface area contributed by atoms with Crippen LogP contribution in [0.5, 0.6) is 0 Å². The van der Waals surface area contributed by atoms with E-state index in [0.717, 1.165) is 38.5 Å². The Bertz CT molecular complexity index is 869. The van der Waals surface area contributed by atoms with Gasteiger partial charge in [-0.1, -0.05) is 186 Å². The van der Waals surface area contributed by atoms with E-state index >= 15 is 0 Å². The highest BCUT2D eigenvalue weighted by Crippen LogP contribution is 2.43. The Morgan fingerprint density at radius 3 is 1.47 bits per heavy atom. The van der Waals surface area contributed by atoms with Crippen molar-refractivity contribution in [2.24, 2.45) is 5.73 Å². The number of hydrogen-bond acceptors (Lipinski definition) is 7. The quantitative estimate of drug-likeness (QED) is 0.0272. The van der Waals surface area contributed by atoms with Gasteiger partial charge in [0.2, 0.25) is 0 Å². The van der Waals surface area contributed by atoms with Gasteiger partial charge in [0.25, 0.3) is 0 Å². The molecule has 53 heavy (non-hydrogen) atoms. The van der Waals surface area contributed by atoms with Crippen LogP contribution in [0.2, 0.25) is 0 Å². The minimum Gasteiger partial charge on any atom is -0.457 e. The minimum atomic E-state index is -4.27. The summed E-state index contributed by atoms with van der Waals surface area (Å²) < 4.78 is 33.4. The number of nitrogens with two attached hydrogens (primary N) is 1. The molecule has 0 spiro atoms. The van der Waals surface area contributed by atoms with Crippen molar-refractivity contribution in [1.29, 1.82) is 0 Å². The Balaban J connectivity index is 3.88. The second-order valence-corrected chi connectivity index (χ2v) is 16.4. The molecule has 2 unspecified atom stereocenters. The van der Waals surface area contributed by atoms with Crippen LogP contribution in [0, 0.1) is 0 Å². The van der Waals surface area contributed by atoms with Crippen LogP contribution in [-0.2, 0) is 27.9 Å². The number of hydrogen-bond donors (Lipinski definition) is 2. The number of rotatable bonds is 43. The maximum absolute atomic E-state index is 12.5. The van der Waals surface area contributed by atoms with E-state index < -0.39 is 13.9 Å². The van der Waals surface area contributed by atoms with Gasteiger partial charge in [-0.05, 0) is 44.9 Å². The molecule has 3 N–H and O–H groups in total. The van der Waals surface area contributed by atoms with Gasteiger partial charge >= 0.3 is 13.8 Å². The molecule has 0 fully saturated rings. The smallest absolute Gasteiger partial charge is 0.457 e. The predicted molar refractivity (Wildman–Crippen MR) is 224 cm³/mol. The predicted octanol–water partition coefficient (Wildman–Crippen LogP) is 13.3. The van der Waals surface area contributed by atoms with Gasteiger partial charge in [-0.25, -0.2) is 4.57 Å². The molecule has 0 aromatic carbocycles. The maximum Gasteiger partial charge on any atom is 0.472 e. The monoisotopic (exact) mass is 772 g/mol. The first-order valence-corrected chi connectivity index (χ1v) is 23.8. The van der Waals surface area contributed by atoms with Crippen LogP contribution in [-0.4, -0.2) is 49.9 Å². The molecule has 0 aromatic rings. The van der Waals surface area contributed by atoms with Crippen molar-refractivity contribution in [3.63, 3.8) is 0 Å². The zero-order chi connectivity index (χ0) is 38.8. The zero-order valence-electron chi connectivity index (χ0n) is 34.8. The molecular weight excluding hydrogens is 685 g/mol. The Morgan fingerprint density at radius 2 is 1.00 bits per heavy atom. The Hall–Kier alpha value is -1.02. The second kappa shape index (κ2) is 42.1. The zero-order valence-corrected chi connectivity index (χ0v) is 35.7. The van der Waals surface area contributed by atoms with Gasteiger partial charge < -0.3 is 20.1 Å². The van der Waals surface area contributed by atoms with E-state index in [1.165, 1.54) is 154 Å². The third-order valence-corrected chi connectivity index (χ3v) is 10.6. The highest BCUT2D eigenvalue weighted by atomic mass is 31.2. The van der Waals surface area contributed by atoms with Crippen LogP contribution in [0.25, 0.3) is 0 Å². The number of carbonyl (C=O) groups is 1. The van der Waals surface area contributed by atoms with E-state index in [1.54, 1.807) is 0 Å². The van der Waals surface area contributed by atoms with Crippen molar-refractivity contribution in [1.82, 2.24) is 0 Å². The summed E-state index contributed by atoms with van der Waals surface area (Å²) >= 11 is 0. The van der Waals surface area contributed by atoms with Crippen LogP contribution in [0.3, 0.4) is 0 Å². The first kappa shape index (κ1) is 52.0. The highest BCUT2D eigenvalue weighted by Gasteiger charge is 2.25. The van der Waals surface area contributed by atoms with Gasteiger partial charge in [-0.3, -0.25) is 13.8 Å². The van der Waals surface area contributed by atoms with Gasteiger partial charge in [0, 0.05) is 19.6 Å². The molecule has 314 valence electrons. The van der Waals surface area contributed by atoms with Crippen molar-refractivity contribution in [3.05, 3.63) is 24.3 Å². The lowest BCUT2D eigenvalue weighted by molar-refractivity contribution is -0.154. The topological polar surface area (TPSA) is 117 Å². The Morgan fingerprint density at radius 1 is 0.566 bits per heavy atom. The number of carbonyl (C=O) groups excluding carboxylic acids is 1. The van der Waals surface area contributed by atoms with Crippen LogP contribution in [0.15, 0.2) is 24.3 Å². The fraction of sp³-hybridized carbons (Fsp3) is 0.886. The van der Waals surface area contributed by atoms with E-state index in [-0.39, 0.29) is 32.3 Å². The van der Waals surface area contributed by atoms with Gasteiger partial charge in [0.05, 0.1) is 19.8 Å². The van der Waals surface area contributed by atoms with Crippen LogP contribution < -0.4 is 5.73 Å². The summed E-state index contributed by atoms with van der Waals surface area (Å²) in [5.41, 5.74) is 5.36. The summed E-state index contributed by atoms with van der Waals surface area (Å²) in [7, 11) is -4.27. The molecule has 8 nitrogen and oxygen atoms in total. The van der Waals surface area contributed by atoms with E-state index in [4.69, 9.17) is 24.3 Å². The van der Waals surface area contributed by atoms with Gasteiger partial charge in [-0.15, -0.1) is 0 Å². The lowest BCUT2D eigenvalue weighted by Crippen LogP contribution is -2.28. The number of ether oxygens (including phenoxy) is 2. The van der Waals surface area contributed by atoms with Crippen molar-refractivity contribution >= 4 is 13.8 Å². The molecule has 0 heterocycles. The maximum atomic E-state index is 12.5. The largest absolute Gasteiger partial charge is 0.472 e. The normalized spacial score (nSPS) is 13.7. The third-order valence-electron chi connectivity index (χ3n) is 9.62. The molecule has 0 rings (SSSR count). The van der Waals surface area contributed by atoms with E-state index in [2.05, 4.69) is 38.2 Å². The molecule has 0 aliphatic heterocycles. The number of phosphoric ester groups is 1. The average Bonchev–Trinajstić information content (AvgIpc) is 3.15. The van der Waals surface area contributed by atoms with E-state index in [0.29, 0.717) is 13.0 Å². The molecule has 0 aliphatic rings. The van der Waals surface area contributed by atoms with Crippen LogP contribution in [0.4, 0.5) is 0 Å². The van der Waals surface area contributed by atoms with Crippen molar-refractivity contribution < 1.29 is 32.8 Å². The first-order chi connectivity index (χ1) is 25.9. The Kier molecular flexibility index (Phi) is 41.3. The fourth-order valence-corrected chi connectivity index (χ4v) is 7.09. The van der Waals surface area contributed by atoms with E-state index in [9.17, 15) is 14.3 Å². The number of allylic oxidation sites excluding steroid dienone is 4. The minimum absolute atomic E-state index is 0.0935.